The van der Waals surface area contributed by atoms with Gasteiger partial charge in [-0.15, -0.1) is 0 Å². The number of benzene rings is 2. The molecule has 4 aromatic rings. The minimum absolute atomic E-state index is 0.0445. The van der Waals surface area contributed by atoms with E-state index < -0.39 is 11.2 Å². The van der Waals surface area contributed by atoms with Crippen molar-refractivity contribution in [3.05, 3.63) is 103 Å². The average molecular weight is 489 g/mol. The highest BCUT2D eigenvalue weighted by Gasteiger charge is 2.26. The Kier molecular flexibility index (Phi) is 6.26. The Morgan fingerprint density at radius 1 is 0.971 bits per heavy atom. The van der Waals surface area contributed by atoms with Gasteiger partial charge in [-0.05, 0) is 62.1 Å². The minimum atomic E-state index is -0.528. The summed E-state index contributed by atoms with van der Waals surface area (Å²) < 4.78 is 2.59. The number of hydrogen-bond acceptors (Lipinski definition) is 4. The summed E-state index contributed by atoms with van der Waals surface area (Å²) in [7, 11) is 0. The molecule has 0 N–H and O–H groups in total. The van der Waals surface area contributed by atoms with E-state index in [9.17, 15) is 14.4 Å². The Labute approximate surface area is 207 Å². The SMILES string of the molecule is Cc1cc(C(=O)N2CCCCC2)c2c(=O)n(Cc3ccc(Cl)cc3)c(=O)n(-c3ccccc3)c2n1. The van der Waals surface area contributed by atoms with Gasteiger partial charge in [0, 0.05) is 23.8 Å². The molecule has 1 aliphatic heterocycles. The van der Waals surface area contributed by atoms with E-state index >= 15 is 0 Å². The molecular formula is C27H25ClN4O3. The van der Waals surface area contributed by atoms with Gasteiger partial charge in [-0.1, -0.05) is 41.9 Å². The first-order chi connectivity index (χ1) is 16.9. The van der Waals surface area contributed by atoms with Crippen LogP contribution in [-0.4, -0.2) is 38.0 Å². The first kappa shape index (κ1) is 23.1. The molecule has 1 aliphatic rings. The monoisotopic (exact) mass is 488 g/mol. The standard InChI is InChI=1S/C27H25ClN4O3/c1-18-16-22(25(33)30-14-6-3-7-15-30)23-24(29-18)32(21-8-4-2-5-9-21)27(35)31(26(23)34)17-19-10-12-20(28)13-11-19/h2,4-5,8-13,16H,3,6-7,14-15,17H2,1H3. The molecule has 7 nitrogen and oxygen atoms in total. The lowest BCUT2D eigenvalue weighted by atomic mass is 10.1. The molecule has 0 aliphatic carbocycles. The molecule has 0 spiro atoms. The van der Waals surface area contributed by atoms with Crippen LogP contribution in [0.5, 0.6) is 0 Å². The van der Waals surface area contributed by atoms with E-state index in [1.807, 2.05) is 18.2 Å². The van der Waals surface area contributed by atoms with Crippen LogP contribution < -0.4 is 11.2 Å². The number of amides is 1. The van der Waals surface area contributed by atoms with Crippen molar-refractivity contribution >= 4 is 28.5 Å². The molecule has 1 amide bonds. The predicted molar refractivity (Wildman–Crippen MR) is 137 cm³/mol. The third-order valence-electron chi connectivity index (χ3n) is 6.36. The lowest BCUT2D eigenvalue weighted by Crippen LogP contribution is -2.42. The van der Waals surface area contributed by atoms with Crippen LogP contribution in [0, 0.1) is 6.92 Å². The number of aryl methyl sites for hydroxylation is 1. The molecule has 0 bridgehead atoms. The summed E-state index contributed by atoms with van der Waals surface area (Å²) in [6.45, 7) is 3.12. The highest BCUT2D eigenvalue weighted by atomic mass is 35.5. The molecular weight excluding hydrogens is 464 g/mol. The number of carbonyl (C=O) groups is 1. The van der Waals surface area contributed by atoms with Crippen LogP contribution in [0.2, 0.25) is 5.02 Å². The molecule has 2 aromatic heterocycles. The van der Waals surface area contributed by atoms with Crippen LogP contribution in [0.4, 0.5) is 0 Å². The van der Waals surface area contributed by atoms with Gasteiger partial charge in [-0.3, -0.25) is 14.2 Å². The predicted octanol–water partition coefficient (Wildman–Crippen LogP) is 4.18. The van der Waals surface area contributed by atoms with E-state index in [0.29, 0.717) is 29.5 Å². The molecule has 178 valence electrons. The summed E-state index contributed by atoms with van der Waals surface area (Å²) in [5.74, 6) is -0.200. The highest BCUT2D eigenvalue weighted by Crippen LogP contribution is 2.21. The van der Waals surface area contributed by atoms with Crippen molar-refractivity contribution in [1.29, 1.82) is 0 Å². The molecule has 35 heavy (non-hydrogen) atoms. The van der Waals surface area contributed by atoms with Gasteiger partial charge in [0.1, 0.15) is 0 Å². The van der Waals surface area contributed by atoms with Gasteiger partial charge in [0.25, 0.3) is 11.5 Å². The molecule has 8 heteroatoms. The van der Waals surface area contributed by atoms with Crippen LogP contribution in [-0.2, 0) is 6.54 Å². The molecule has 0 unspecified atom stereocenters. The van der Waals surface area contributed by atoms with Gasteiger partial charge >= 0.3 is 5.69 Å². The van der Waals surface area contributed by atoms with Crippen molar-refractivity contribution in [3.8, 4) is 5.69 Å². The Balaban J connectivity index is 1.81. The van der Waals surface area contributed by atoms with Crippen LogP contribution >= 0.6 is 11.6 Å². The van der Waals surface area contributed by atoms with E-state index in [1.54, 1.807) is 54.3 Å². The summed E-state index contributed by atoms with van der Waals surface area (Å²) >= 11 is 6.02. The Morgan fingerprint density at radius 3 is 2.34 bits per heavy atom. The first-order valence-electron chi connectivity index (χ1n) is 11.7. The number of rotatable bonds is 4. The number of fused-ring (bicyclic) bond motifs is 1. The summed E-state index contributed by atoms with van der Waals surface area (Å²) in [5.41, 5.74) is 1.32. The molecule has 0 radical (unpaired) electrons. The van der Waals surface area contributed by atoms with Gasteiger partial charge in [-0.2, -0.15) is 0 Å². The van der Waals surface area contributed by atoms with E-state index in [-0.39, 0.29) is 29.0 Å². The van der Waals surface area contributed by atoms with Crippen molar-refractivity contribution in [2.45, 2.75) is 32.7 Å². The molecule has 3 heterocycles. The number of halogens is 1. The summed E-state index contributed by atoms with van der Waals surface area (Å²) in [4.78, 5) is 47.5. The fourth-order valence-electron chi connectivity index (χ4n) is 4.62. The van der Waals surface area contributed by atoms with Gasteiger partial charge in [0.15, 0.2) is 5.65 Å². The second-order valence-corrected chi connectivity index (χ2v) is 9.27. The van der Waals surface area contributed by atoms with Crippen molar-refractivity contribution in [3.63, 3.8) is 0 Å². The van der Waals surface area contributed by atoms with E-state index in [0.717, 1.165) is 24.8 Å². The van der Waals surface area contributed by atoms with Crippen molar-refractivity contribution in [1.82, 2.24) is 19.0 Å². The zero-order valence-corrected chi connectivity index (χ0v) is 20.2. The number of hydrogen-bond donors (Lipinski definition) is 0. The number of likely N-dealkylation sites (tertiary alicyclic amines) is 1. The lowest BCUT2D eigenvalue weighted by Gasteiger charge is -2.27. The second kappa shape index (κ2) is 9.50. The molecule has 0 saturated carbocycles. The van der Waals surface area contributed by atoms with Crippen LogP contribution in [0.3, 0.4) is 0 Å². The molecule has 1 saturated heterocycles. The summed E-state index contributed by atoms with van der Waals surface area (Å²) in [6, 6.07) is 17.7. The van der Waals surface area contributed by atoms with Crippen molar-refractivity contribution < 1.29 is 4.79 Å². The number of piperidine rings is 1. The van der Waals surface area contributed by atoms with E-state index in [4.69, 9.17) is 11.6 Å². The first-order valence-corrected chi connectivity index (χ1v) is 12.1. The van der Waals surface area contributed by atoms with Gasteiger partial charge in [0.2, 0.25) is 0 Å². The summed E-state index contributed by atoms with van der Waals surface area (Å²) in [5, 5.41) is 0.721. The van der Waals surface area contributed by atoms with Gasteiger partial charge < -0.3 is 4.90 Å². The minimum Gasteiger partial charge on any atom is -0.339 e. The van der Waals surface area contributed by atoms with Crippen LogP contribution in [0.25, 0.3) is 16.7 Å². The van der Waals surface area contributed by atoms with E-state index in [1.165, 1.54) is 9.13 Å². The molecule has 5 rings (SSSR count). The third-order valence-corrected chi connectivity index (χ3v) is 6.62. The lowest BCUT2D eigenvalue weighted by molar-refractivity contribution is 0.0726. The molecule has 1 fully saturated rings. The normalized spacial score (nSPS) is 13.8. The second-order valence-electron chi connectivity index (χ2n) is 8.83. The number of para-hydroxylation sites is 1. The number of nitrogens with zero attached hydrogens (tertiary/aromatic N) is 4. The Morgan fingerprint density at radius 2 is 1.66 bits per heavy atom. The molecule has 0 atom stereocenters. The Bertz CT molecular complexity index is 1520. The zero-order chi connectivity index (χ0) is 24.5. The third kappa shape index (κ3) is 4.39. The van der Waals surface area contributed by atoms with Crippen LogP contribution in [0.1, 0.15) is 40.9 Å². The number of pyridine rings is 1. The van der Waals surface area contributed by atoms with Crippen molar-refractivity contribution in [2.24, 2.45) is 0 Å². The smallest absolute Gasteiger partial charge is 0.337 e. The fourth-order valence-corrected chi connectivity index (χ4v) is 4.75. The van der Waals surface area contributed by atoms with Gasteiger partial charge in [0.05, 0.1) is 23.2 Å². The maximum absolute atomic E-state index is 13.8. The quantitative estimate of drug-likeness (QED) is 0.431. The number of carbonyl (C=O) groups excluding carboxylic acids is 1. The highest BCUT2D eigenvalue weighted by molar-refractivity contribution is 6.30. The number of aromatic nitrogens is 3. The van der Waals surface area contributed by atoms with Gasteiger partial charge in [-0.25, -0.2) is 14.3 Å². The summed E-state index contributed by atoms with van der Waals surface area (Å²) in [6.07, 6.45) is 2.95. The van der Waals surface area contributed by atoms with Crippen LogP contribution in [0.15, 0.2) is 70.3 Å². The fraction of sp³-hybridized carbons (Fsp3) is 0.259. The average Bonchev–Trinajstić information content (AvgIpc) is 2.88. The maximum Gasteiger partial charge on any atom is 0.337 e. The largest absolute Gasteiger partial charge is 0.339 e. The van der Waals surface area contributed by atoms with E-state index in [2.05, 4.69) is 4.98 Å². The van der Waals surface area contributed by atoms with Crippen molar-refractivity contribution in [2.75, 3.05) is 13.1 Å². The Hall–Kier alpha value is -3.71. The zero-order valence-electron chi connectivity index (χ0n) is 19.4. The maximum atomic E-state index is 13.8. The molecule has 2 aromatic carbocycles. The topological polar surface area (TPSA) is 77.2 Å².